The zero-order valence-corrected chi connectivity index (χ0v) is 18.9. The molecule has 0 aliphatic carbocycles. The Morgan fingerprint density at radius 3 is 1.78 bits per heavy atom. The van der Waals surface area contributed by atoms with Crippen molar-refractivity contribution in [1.29, 1.82) is 0 Å². The molecule has 0 heterocycles. The fourth-order valence-electron chi connectivity index (χ4n) is 3.18. The summed E-state index contributed by atoms with van der Waals surface area (Å²) in [6.07, 6.45) is -0.369. The highest BCUT2D eigenvalue weighted by molar-refractivity contribution is 5.94. The van der Waals surface area contributed by atoms with E-state index in [0.717, 1.165) is 16.7 Å². The Balaban J connectivity index is 1.66. The average molecular weight is 431 g/mol. The number of benzene rings is 3. The predicted molar refractivity (Wildman–Crippen MR) is 126 cm³/mol. The zero-order valence-electron chi connectivity index (χ0n) is 18.9. The number of carbonyl (C=O) groups excluding carboxylic acids is 2. The molecule has 0 saturated carbocycles. The molecule has 0 saturated heterocycles. The van der Waals surface area contributed by atoms with Gasteiger partial charge in [0.05, 0.1) is 0 Å². The third kappa shape index (κ3) is 7.27. The van der Waals surface area contributed by atoms with Crippen molar-refractivity contribution in [2.45, 2.75) is 46.0 Å². The summed E-state index contributed by atoms with van der Waals surface area (Å²) in [5.74, 6) is -0.131. The number of ether oxygens (including phenoxy) is 1. The van der Waals surface area contributed by atoms with Crippen LogP contribution in [0.4, 0.5) is 4.79 Å². The van der Waals surface area contributed by atoms with Crippen molar-refractivity contribution < 1.29 is 14.3 Å². The van der Waals surface area contributed by atoms with Crippen LogP contribution >= 0.6 is 0 Å². The molecule has 3 aromatic carbocycles. The van der Waals surface area contributed by atoms with Gasteiger partial charge in [-0.1, -0.05) is 72.8 Å². The van der Waals surface area contributed by atoms with E-state index in [4.69, 9.17) is 4.74 Å². The molecular weight excluding hydrogens is 400 g/mol. The lowest BCUT2D eigenvalue weighted by Crippen LogP contribution is -2.36. The van der Waals surface area contributed by atoms with Gasteiger partial charge in [0.1, 0.15) is 5.60 Å². The van der Waals surface area contributed by atoms with Crippen molar-refractivity contribution in [3.05, 3.63) is 107 Å². The van der Waals surface area contributed by atoms with E-state index in [9.17, 15) is 9.59 Å². The minimum Gasteiger partial charge on any atom is -0.444 e. The van der Waals surface area contributed by atoms with Gasteiger partial charge in [0, 0.05) is 25.2 Å². The normalized spacial score (nSPS) is 11.0. The largest absolute Gasteiger partial charge is 0.444 e. The fraction of sp³-hybridized carbons (Fsp3) is 0.259. The Morgan fingerprint density at radius 2 is 1.25 bits per heavy atom. The van der Waals surface area contributed by atoms with E-state index < -0.39 is 5.60 Å². The smallest absolute Gasteiger partial charge is 0.410 e. The number of hydrogen-bond donors (Lipinski definition) is 1. The third-order valence-corrected chi connectivity index (χ3v) is 4.75. The van der Waals surface area contributed by atoms with E-state index in [0.29, 0.717) is 25.2 Å². The van der Waals surface area contributed by atoms with Gasteiger partial charge in [0.15, 0.2) is 0 Å². The molecule has 5 nitrogen and oxygen atoms in total. The zero-order chi connectivity index (χ0) is 23.0. The Morgan fingerprint density at radius 1 is 0.750 bits per heavy atom. The second-order valence-corrected chi connectivity index (χ2v) is 8.69. The van der Waals surface area contributed by atoms with Crippen LogP contribution < -0.4 is 5.32 Å². The minimum absolute atomic E-state index is 0.131. The van der Waals surface area contributed by atoms with Crippen LogP contribution in [-0.2, 0) is 24.4 Å². The molecule has 0 aliphatic rings. The molecule has 0 aromatic heterocycles. The Hall–Kier alpha value is -3.60. The molecular formula is C27H30N2O3. The monoisotopic (exact) mass is 430 g/mol. The lowest BCUT2D eigenvalue weighted by atomic mass is 10.1. The summed E-state index contributed by atoms with van der Waals surface area (Å²) in [7, 11) is 0. The average Bonchev–Trinajstić information content (AvgIpc) is 2.78. The third-order valence-electron chi connectivity index (χ3n) is 4.75. The molecule has 3 rings (SSSR count). The molecule has 0 radical (unpaired) electrons. The second-order valence-electron chi connectivity index (χ2n) is 8.69. The maximum absolute atomic E-state index is 12.8. The summed E-state index contributed by atoms with van der Waals surface area (Å²) in [5, 5.41) is 2.93. The van der Waals surface area contributed by atoms with Crippen molar-refractivity contribution in [2.24, 2.45) is 0 Å². The van der Waals surface area contributed by atoms with Gasteiger partial charge in [0.25, 0.3) is 5.91 Å². The Bertz CT molecular complexity index is 1010. The summed E-state index contributed by atoms with van der Waals surface area (Å²) >= 11 is 0. The quantitative estimate of drug-likeness (QED) is 0.534. The SMILES string of the molecule is CC(C)(C)OC(=O)N(Cc1ccccc1)Cc1ccc(C(=O)NCc2ccccc2)cc1. The number of nitrogens with zero attached hydrogens (tertiary/aromatic N) is 1. The molecule has 0 atom stereocenters. The molecule has 0 fully saturated rings. The molecule has 166 valence electrons. The summed E-state index contributed by atoms with van der Waals surface area (Å²) < 4.78 is 5.60. The van der Waals surface area contributed by atoms with Gasteiger partial charge in [-0.3, -0.25) is 9.69 Å². The molecule has 3 aromatic rings. The molecule has 0 unspecified atom stereocenters. The molecule has 1 N–H and O–H groups in total. The maximum atomic E-state index is 12.8. The number of amides is 2. The molecule has 2 amide bonds. The van der Waals surface area contributed by atoms with Crippen molar-refractivity contribution in [3.63, 3.8) is 0 Å². The van der Waals surface area contributed by atoms with E-state index in [1.165, 1.54) is 0 Å². The van der Waals surface area contributed by atoms with E-state index in [1.54, 1.807) is 17.0 Å². The first-order valence-electron chi connectivity index (χ1n) is 10.7. The Kier molecular flexibility index (Phi) is 7.66. The van der Waals surface area contributed by atoms with Gasteiger partial charge in [-0.15, -0.1) is 0 Å². The summed E-state index contributed by atoms with van der Waals surface area (Å²) in [5.41, 5.74) is 3.00. The van der Waals surface area contributed by atoms with Gasteiger partial charge in [-0.05, 0) is 49.6 Å². The molecule has 0 spiro atoms. The first kappa shape index (κ1) is 23.1. The van der Waals surface area contributed by atoms with Crippen LogP contribution in [0.2, 0.25) is 0 Å². The van der Waals surface area contributed by atoms with Crippen LogP contribution in [0.5, 0.6) is 0 Å². The van der Waals surface area contributed by atoms with Gasteiger partial charge in [-0.25, -0.2) is 4.79 Å². The van der Waals surface area contributed by atoms with E-state index in [2.05, 4.69) is 5.32 Å². The van der Waals surface area contributed by atoms with Crippen molar-refractivity contribution in [3.8, 4) is 0 Å². The highest BCUT2D eigenvalue weighted by Gasteiger charge is 2.22. The summed E-state index contributed by atoms with van der Waals surface area (Å²) in [6.45, 7) is 6.87. The molecule has 32 heavy (non-hydrogen) atoms. The van der Waals surface area contributed by atoms with Crippen LogP contribution in [0.3, 0.4) is 0 Å². The second kappa shape index (κ2) is 10.6. The molecule has 5 heteroatoms. The van der Waals surface area contributed by atoms with Crippen LogP contribution in [-0.4, -0.2) is 22.5 Å². The van der Waals surface area contributed by atoms with Gasteiger partial charge in [0.2, 0.25) is 0 Å². The van der Waals surface area contributed by atoms with Gasteiger partial charge >= 0.3 is 6.09 Å². The van der Waals surface area contributed by atoms with Crippen molar-refractivity contribution >= 4 is 12.0 Å². The maximum Gasteiger partial charge on any atom is 0.410 e. The number of carbonyl (C=O) groups is 2. The first-order chi connectivity index (χ1) is 15.3. The fourth-order valence-corrected chi connectivity index (χ4v) is 3.18. The van der Waals surface area contributed by atoms with E-state index in [-0.39, 0.29) is 12.0 Å². The number of hydrogen-bond acceptors (Lipinski definition) is 3. The Labute approximate surface area is 190 Å². The van der Waals surface area contributed by atoms with Gasteiger partial charge in [-0.2, -0.15) is 0 Å². The molecule has 0 bridgehead atoms. The van der Waals surface area contributed by atoms with E-state index in [1.807, 2.05) is 93.6 Å². The van der Waals surface area contributed by atoms with Crippen LogP contribution in [0.25, 0.3) is 0 Å². The number of rotatable bonds is 7. The van der Waals surface area contributed by atoms with Crippen molar-refractivity contribution in [2.75, 3.05) is 0 Å². The lowest BCUT2D eigenvalue weighted by Gasteiger charge is -2.27. The van der Waals surface area contributed by atoms with Crippen LogP contribution in [0, 0.1) is 0 Å². The van der Waals surface area contributed by atoms with Crippen LogP contribution in [0.15, 0.2) is 84.9 Å². The highest BCUT2D eigenvalue weighted by atomic mass is 16.6. The first-order valence-corrected chi connectivity index (χ1v) is 10.7. The van der Waals surface area contributed by atoms with Crippen molar-refractivity contribution in [1.82, 2.24) is 10.2 Å². The predicted octanol–water partition coefficient (Wildman–Crippen LogP) is 5.55. The lowest BCUT2D eigenvalue weighted by molar-refractivity contribution is 0.0216. The standard InChI is InChI=1S/C27H30N2O3/c1-27(2,3)32-26(31)29(19-22-12-8-5-9-13-22)20-23-14-16-24(17-15-23)25(30)28-18-21-10-6-4-7-11-21/h4-17H,18-20H2,1-3H3,(H,28,30). The van der Waals surface area contributed by atoms with Gasteiger partial charge < -0.3 is 10.1 Å². The molecule has 0 aliphatic heterocycles. The minimum atomic E-state index is -0.577. The highest BCUT2D eigenvalue weighted by Crippen LogP contribution is 2.16. The summed E-state index contributed by atoms with van der Waals surface area (Å²) in [4.78, 5) is 26.9. The number of nitrogens with one attached hydrogen (secondary N) is 1. The van der Waals surface area contributed by atoms with Crippen LogP contribution in [0.1, 0.15) is 47.8 Å². The van der Waals surface area contributed by atoms with E-state index >= 15 is 0 Å². The topological polar surface area (TPSA) is 58.6 Å². The summed E-state index contributed by atoms with van der Waals surface area (Å²) in [6, 6.07) is 26.9.